The fraction of sp³-hybridized carbons (Fsp3) is 0.231. The third-order valence-electron chi connectivity index (χ3n) is 3.42. The molecule has 2 heterocycles. The minimum Gasteiger partial charge on any atom is -0.481 e. The summed E-state index contributed by atoms with van der Waals surface area (Å²) in [6.45, 7) is 0.121. The number of fused-ring (bicyclic) bond motifs is 1. The number of rotatable bonds is 2. The highest BCUT2D eigenvalue weighted by Crippen LogP contribution is 2.33. The van der Waals surface area contributed by atoms with Gasteiger partial charge in [0.2, 0.25) is 5.91 Å². The average Bonchev–Trinajstić information content (AvgIpc) is 2.93. The minimum atomic E-state index is -1.25. The van der Waals surface area contributed by atoms with Crippen LogP contribution in [0.4, 0.5) is 4.39 Å². The highest BCUT2D eigenvalue weighted by atomic mass is 19.1. The minimum absolute atomic E-state index is 0.121. The van der Waals surface area contributed by atoms with Crippen LogP contribution in [0.3, 0.4) is 0 Å². The van der Waals surface area contributed by atoms with E-state index in [4.69, 9.17) is 9.52 Å². The van der Waals surface area contributed by atoms with E-state index in [0.717, 1.165) is 0 Å². The van der Waals surface area contributed by atoms with Gasteiger partial charge in [0.1, 0.15) is 17.3 Å². The molecule has 1 aliphatic heterocycles. The predicted octanol–water partition coefficient (Wildman–Crippen LogP) is 1.49. The van der Waals surface area contributed by atoms with E-state index >= 15 is 0 Å². The molecular weight excluding hydrogens is 253 g/mol. The summed E-state index contributed by atoms with van der Waals surface area (Å²) in [6, 6.07) is 4.42. The smallest absolute Gasteiger partial charge is 0.316 e. The van der Waals surface area contributed by atoms with Gasteiger partial charge >= 0.3 is 5.97 Å². The van der Waals surface area contributed by atoms with Crippen molar-refractivity contribution in [3.63, 3.8) is 0 Å². The zero-order valence-electron chi connectivity index (χ0n) is 9.72. The monoisotopic (exact) mass is 263 g/mol. The lowest BCUT2D eigenvalue weighted by atomic mass is 9.88. The maximum Gasteiger partial charge on any atom is 0.316 e. The van der Waals surface area contributed by atoms with Crippen molar-refractivity contribution in [1.29, 1.82) is 0 Å². The van der Waals surface area contributed by atoms with Gasteiger partial charge in [-0.2, -0.15) is 0 Å². The molecule has 19 heavy (non-hydrogen) atoms. The number of nitrogens with one attached hydrogen (secondary N) is 1. The molecular formula is C13H10FNO4. The van der Waals surface area contributed by atoms with Gasteiger partial charge in [0.25, 0.3) is 0 Å². The second-order valence-corrected chi connectivity index (χ2v) is 4.50. The van der Waals surface area contributed by atoms with Gasteiger partial charge in [-0.1, -0.05) is 0 Å². The van der Waals surface area contributed by atoms with E-state index in [2.05, 4.69) is 5.32 Å². The van der Waals surface area contributed by atoms with Gasteiger partial charge in [-0.3, -0.25) is 9.59 Å². The van der Waals surface area contributed by atoms with Crippen molar-refractivity contribution in [1.82, 2.24) is 5.32 Å². The lowest BCUT2D eigenvalue weighted by molar-refractivity contribution is -0.145. The SMILES string of the molecule is O=C(O)C1C(=O)NCC1c1cc2ccoc2cc1F. The Morgan fingerprint density at radius 2 is 2.26 bits per heavy atom. The zero-order valence-corrected chi connectivity index (χ0v) is 9.72. The Kier molecular flexibility index (Phi) is 2.51. The van der Waals surface area contributed by atoms with Crippen molar-refractivity contribution < 1.29 is 23.5 Å². The fourth-order valence-electron chi connectivity index (χ4n) is 2.48. The number of carboxylic acid groups (broad SMARTS) is 1. The highest BCUT2D eigenvalue weighted by Gasteiger charge is 2.42. The molecule has 2 unspecified atom stereocenters. The molecule has 2 atom stereocenters. The van der Waals surface area contributed by atoms with Gasteiger partial charge < -0.3 is 14.8 Å². The molecule has 5 nitrogen and oxygen atoms in total. The van der Waals surface area contributed by atoms with Crippen LogP contribution in [0.1, 0.15) is 11.5 Å². The highest BCUT2D eigenvalue weighted by molar-refractivity contribution is 6.00. The van der Waals surface area contributed by atoms with Crippen LogP contribution < -0.4 is 5.32 Å². The predicted molar refractivity (Wildman–Crippen MR) is 63.0 cm³/mol. The summed E-state index contributed by atoms with van der Waals surface area (Å²) in [7, 11) is 0. The third kappa shape index (κ3) is 1.76. The van der Waals surface area contributed by atoms with Crippen LogP contribution in [0.5, 0.6) is 0 Å². The Bertz CT molecular complexity index is 678. The number of benzene rings is 1. The van der Waals surface area contributed by atoms with Crippen molar-refractivity contribution in [2.24, 2.45) is 5.92 Å². The lowest BCUT2D eigenvalue weighted by Gasteiger charge is -2.14. The fourth-order valence-corrected chi connectivity index (χ4v) is 2.48. The number of carbonyl (C=O) groups is 2. The maximum absolute atomic E-state index is 14.0. The topological polar surface area (TPSA) is 79.5 Å². The van der Waals surface area contributed by atoms with Gasteiger partial charge in [-0.15, -0.1) is 0 Å². The molecule has 0 bridgehead atoms. The molecule has 0 aliphatic carbocycles. The molecule has 1 fully saturated rings. The van der Waals surface area contributed by atoms with E-state index in [-0.39, 0.29) is 12.1 Å². The van der Waals surface area contributed by atoms with Gasteiger partial charge in [0.05, 0.1) is 6.26 Å². The number of amides is 1. The van der Waals surface area contributed by atoms with Crippen LogP contribution in [0.25, 0.3) is 11.0 Å². The first-order valence-electron chi connectivity index (χ1n) is 5.75. The summed E-state index contributed by atoms with van der Waals surface area (Å²) in [5.74, 6) is -4.34. The van der Waals surface area contributed by atoms with E-state index < -0.39 is 29.5 Å². The second kappa shape index (κ2) is 4.08. The van der Waals surface area contributed by atoms with Crippen LogP contribution in [-0.4, -0.2) is 23.5 Å². The van der Waals surface area contributed by atoms with Crippen LogP contribution in [-0.2, 0) is 9.59 Å². The molecule has 1 aromatic carbocycles. The van der Waals surface area contributed by atoms with Crippen molar-refractivity contribution in [2.75, 3.05) is 6.54 Å². The number of aliphatic carboxylic acids is 1. The molecule has 1 amide bonds. The van der Waals surface area contributed by atoms with Gasteiger partial charge in [-0.05, 0) is 17.7 Å². The lowest BCUT2D eigenvalue weighted by Crippen LogP contribution is -2.27. The summed E-state index contributed by atoms with van der Waals surface area (Å²) < 4.78 is 19.1. The first-order chi connectivity index (χ1) is 9.08. The van der Waals surface area contributed by atoms with E-state index in [1.807, 2.05) is 0 Å². The Hall–Kier alpha value is -2.37. The molecule has 6 heteroatoms. The Morgan fingerprint density at radius 1 is 1.47 bits per heavy atom. The van der Waals surface area contributed by atoms with E-state index in [1.165, 1.54) is 18.4 Å². The molecule has 3 rings (SSSR count). The van der Waals surface area contributed by atoms with E-state index in [9.17, 15) is 14.0 Å². The average molecular weight is 263 g/mol. The number of hydrogen-bond donors (Lipinski definition) is 2. The number of hydrogen-bond acceptors (Lipinski definition) is 3. The first-order valence-corrected chi connectivity index (χ1v) is 5.75. The van der Waals surface area contributed by atoms with Crippen LogP contribution >= 0.6 is 0 Å². The van der Waals surface area contributed by atoms with Crippen molar-refractivity contribution >= 4 is 22.8 Å². The number of carboxylic acids is 1. The summed E-state index contributed by atoms with van der Waals surface area (Å²) in [5.41, 5.74) is 0.616. The third-order valence-corrected chi connectivity index (χ3v) is 3.42. The summed E-state index contributed by atoms with van der Waals surface area (Å²) in [6.07, 6.45) is 1.43. The first kappa shape index (κ1) is 11.7. The molecule has 0 radical (unpaired) electrons. The number of carbonyl (C=O) groups excluding carboxylic acids is 1. The Labute approximate surface area is 107 Å². The van der Waals surface area contributed by atoms with Crippen molar-refractivity contribution in [3.05, 3.63) is 35.8 Å². The number of halogens is 1. The molecule has 2 N–H and O–H groups in total. The Balaban J connectivity index is 2.10. The summed E-state index contributed by atoms with van der Waals surface area (Å²) in [4.78, 5) is 22.6. The second-order valence-electron chi connectivity index (χ2n) is 4.50. The van der Waals surface area contributed by atoms with Crippen molar-refractivity contribution in [2.45, 2.75) is 5.92 Å². The summed E-state index contributed by atoms with van der Waals surface area (Å²) in [5, 5.41) is 12.2. The van der Waals surface area contributed by atoms with Crippen LogP contribution in [0, 0.1) is 11.7 Å². The largest absolute Gasteiger partial charge is 0.481 e. The van der Waals surface area contributed by atoms with Crippen LogP contribution in [0.15, 0.2) is 28.9 Å². The standard InChI is InChI=1S/C13H10FNO4/c14-9-4-10-6(1-2-19-10)3-7(9)8-5-15-12(16)11(8)13(17)18/h1-4,8,11H,5H2,(H,15,16)(H,17,18). The molecule has 0 spiro atoms. The normalized spacial score (nSPS) is 22.7. The molecule has 2 aromatic rings. The summed E-state index contributed by atoms with van der Waals surface area (Å²) >= 11 is 0. The zero-order chi connectivity index (χ0) is 13.6. The molecule has 1 saturated heterocycles. The van der Waals surface area contributed by atoms with E-state index in [0.29, 0.717) is 11.0 Å². The molecule has 98 valence electrons. The Morgan fingerprint density at radius 3 is 3.00 bits per heavy atom. The van der Waals surface area contributed by atoms with Crippen molar-refractivity contribution in [3.8, 4) is 0 Å². The maximum atomic E-state index is 14.0. The van der Waals surface area contributed by atoms with Gasteiger partial charge in [-0.25, -0.2) is 4.39 Å². The molecule has 1 aromatic heterocycles. The van der Waals surface area contributed by atoms with E-state index in [1.54, 1.807) is 6.07 Å². The van der Waals surface area contributed by atoms with Gasteiger partial charge in [0.15, 0.2) is 0 Å². The number of furan rings is 1. The molecule has 1 aliphatic rings. The van der Waals surface area contributed by atoms with Crippen LogP contribution in [0.2, 0.25) is 0 Å². The quantitative estimate of drug-likeness (QED) is 0.804. The molecule has 0 saturated carbocycles. The van der Waals surface area contributed by atoms with Gasteiger partial charge in [0, 0.05) is 23.9 Å².